The molecular formula is C22H25N7O2. The van der Waals surface area contributed by atoms with Crippen molar-refractivity contribution in [1.29, 1.82) is 0 Å². The molecule has 1 aliphatic heterocycles. The summed E-state index contributed by atoms with van der Waals surface area (Å²) >= 11 is 0. The Kier molecular flexibility index (Phi) is 5.66. The molecule has 9 nitrogen and oxygen atoms in total. The average Bonchev–Trinajstić information content (AvgIpc) is 3.12. The van der Waals surface area contributed by atoms with Gasteiger partial charge in [0.05, 0.1) is 22.9 Å². The van der Waals surface area contributed by atoms with E-state index < -0.39 is 5.91 Å². The van der Waals surface area contributed by atoms with Crippen LogP contribution in [0.3, 0.4) is 0 Å². The summed E-state index contributed by atoms with van der Waals surface area (Å²) in [6.07, 6.45) is 1.62. The van der Waals surface area contributed by atoms with E-state index in [0.29, 0.717) is 23.6 Å². The minimum atomic E-state index is -0.570. The number of hydrogen-bond acceptors (Lipinski definition) is 6. The number of benzene rings is 1. The number of primary amides is 1. The van der Waals surface area contributed by atoms with Crippen molar-refractivity contribution < 1.29 is 9.59 Å². The summed E-state index contributed by atoms with van der Waals surface area (Å²) in [5, 5.41) is 16.0. The van der Waals surface area contributed by atoms with Crippen molar-refractivity contribution in [2.24, 2.45) is 11.7 Å². The zero-order chi connectivity index (χ0) is 22.0. The van der Waals surface area contributed by atoms with Crippen LogP contribution >= 0.6 is 0 Å². The summed E-state index contributed by atoms with van der Waals surface area (Å²) < 4.78 is 1.76. The lowest BCUT2D eigenvalue weighted by atomic mass is 9.96. The fraction of sp³-hybridized carbons (Fsp3) is 0.318. The number of nitrogens with one attached hydrogen (secondary N) is 1. The molecular weight excluding hydrogens is 394 g/mol. The van der Waals surface area contributed by atoms with Crippen LogP contribution in [0.4, 0.5) is 11.5 Å². The first-order valence-corrected chi connectivity index (χ1v) is 10.2. The molecule has 0 radical (unpaired) electrons. The second-order valence-electron chi connectivity index (χ2n) is 7.77. The van der Waals surface area contributed by atoms with Crippen LogP contribution < -0.4 is 16.0 Å². The van der Waals surface area contributed by atoms with Crippen molar-refractivity contribution >= 4 is 23.3 Å². The molecule has 0 spiro atoms. The number of aryl methyl sites for hydroxylation is 2. The van der Waals surface area contributed by atoms with Crippen LogP contribution in [0.2, 0.25) is 0 Å². The average molecular weight is 419 g/mol. The zero-order valence-electron chi connectivity index (χ0n) is 17.6. The fourth-order valence-corrected chi connectivity index (χ4v) is 3.90. The second-order valence-corrected chi connectivity index (χ2v) is 7.77. The number of amides is 2. The first kappa shape index (κ1) is 20.5. The smallest absolute Gasteiger partial charge is 0.250 e. The topological polar surface area (TPSA) is 119 Å². The Labute approximate surface area is 180 Å². The number of anilines is 2. The van der Waals surface area contributed by atoms with Gasteiger partial charge in [-0.1, -0.05) is 12.1 Å². The van der Waals surface area contributed by atoms with Crippen molar-refractivity contribution in [1.82, 2.24) is 20.0 Å². The molecule has 3 N–H and O–H groups in total. The largest absolute Gasteiger partial charge is 0.366 e. The van der Waals surface area contributed by atoms with E-state index in [1.165, 1.54) is 0 Å². The maximum absolute atomic E-state index is 12.9. The third-order valence-electron chi connectivity index (χ3n) is 5.43. The van der Waals surface area contributed by atoms with Crippen molar-refractivity contribution in [3.63, 3.8) is 0 Å². The Morgan fingerprint density at radius 3 is 2.52 bits per heavy atom. The lowest BCUT2D eigenvalue weighted by Gasteiger charge is -2.32. The van der Waals surface area contributed by atoms with Gasteiger partial charge < -0.3 is 16.0 Å². The molecule has 1 fully saturated rings. The van der Waals surface area contributed by atoms with Crippen LogP contribution in [0.15, 0.2) is 42.5 Å². The second kappa shape index (κ2) is 8.55. The molecule has 4 rings (SSSR count). The predicted molar refractivity (Wildman–Crippen MR) is 117 cm³/mol. The number of nitrogens with two attached hydrogens (primary N) is 1. The number of para-hydroxylation sites is 1. The van der Waals surface area contributed by atoms with E-state index in [2.05, 4.69) is 25.5 Å². The minimum absolute atomic E-state index is 0.134. The van der Waals surface area contributed by atoms with Crippen molar-refractivity contribution in [2.45, 2.75) is 26.7 Å². The van der Waals surface area contributed by atoms with Gasteiger partial charge in [0.15, 0.2) is 11.6 Å². The van der Waals surface area contributed by atoms with Crippen LogP contribution in [0.1, 0.15) is 34.6 Å². The molecule has 3 aromatic rings. The summed E-state index contributed by atoms with van der Waals surface area (Å²) in [5.41, 5.74) is 8.06. The van der Waals surface area contributed by atoms with E-state index in [-0.39, 0.29) is 11.8 Å². The molecule has 0 aliphatic carbocycles. The Balaban J connectivity index is 1.45. The lowest BCUT2D eigenvalue weighted by Crippen LogP contribution is -2.41. The fourth-order valence-electron chi connectivity index (χ4n) is 3.90. The van der Waals surface area contributed by atoms with Gasteiger partial charge >= 0.3 is 0 Å². The monoisotopic (exact) mass is 419 g/mol. The van der Waals surface area contributed by atoms with E-state index in [0.717, 1.165) is 36.6 Å². The number of piperidine rings is 1. The summed E-state index contributed by atoms with van der Waals surface area (Å²) in [4.78, 5) is 26.5. The summed E-state index contributed by atoms with van der Waals surface area (Å²) in [7, 11) is 0. The Morgan fingerprint density at radius 2 is 1.84 bits per heavy atom. The standard InChI is InChI=1S/C22H25N7O2/c1-14-12-15(2)29(27-14)20-10-9-19(25-26-20)28-11-5-6-16(13-28)22(31)24-18-8-4-3-7-17(18)21(23)30/h3-4,7-10,12,16H,5-6,11,13H2,1-2H3,(H2,23,30)(H,24,31). The van der Waals surface area contributed by atoms with E-state index in [1.807, 2.05) is 32.0 Å². The summed E-state index contributed by atoms with van der Waals surface area (Å²) in [6, 6.07) is 12.5. The van der Waals surface area contributed by atoms with Crippen LogP contribution in [0, 0.1) is 19.8 Å². The Hall–Kier alpha value is -3.75. The van der Waals surface area contributed by atoms with Gasteiger partial charge in [-0.05, 0) is 57.0 Å². The number of carbonyl (C=O) groups excluding carboxylic acids is 2. The Morgan fingerprint density at radius 1 is 1.10 bits per heavy atom. The van der Waals surface area contributed by atoms with E-state index in [1.54, 1.807) is 28.9 Å². The van der Waals surface area contributed by atoms with Crippen molar-refractivity contribution in [2.75, 3.05) is 23.3 Å². The number of carbonyl (C=O) groups is 2. The Bertz CT molecular complexity index is 1110. The molecule has 160 valence electrons. The van der Waals surface area contributed by atoms with Crippen molar-refractivity contribution in [3.05, 3.63) is 59.4 Å². The van der Waals surface area contributed by atoms with Crippen LogP contribution in [-0.2, 0) is 4.79 Å². The van der Waals surface area contributed by atoms with Crippen molar-refractivity contribution in [3.8, 4) is 5.82 Å². The summed E-state index contributed by atoms with van der Waals surface area (Å²) in [6.45, 7) is 5.24. The maximum Gasteiger partial charge on any atom is 0.250 e. The number of rotatable bonds is 5. The van der Waals surface area contributed by atoms with E-state index >= 15 is 0 Å². The molecule has 1 atom stereocenters. The quantitative estimate of drug-likeness (QED) is 0.655. The highest BCUT2D eigenvalue weighted by molar-refractivity contribution is 6.03. The zero-order valence-corrected chi connectivity index (χ0v) is 17.6. The van der Waals surface area contributed by atoms with Gasteiger partial charge in [0, 0.05) is 18.8 Å². The third-order valence-corrected chi connectivity index (χ3v) is 5.43. The van der Waals surface area contributed by atoms with Gasteiger partial charge in [-0.3, -0.25) is 9.59 Å². The van der Waals surface area contributed by atoms with E-state index in [4.69, 9.17) is 5.73 Å². The van der Waals surface area contributed by atoms with Crippen LogP contribution in [0.5, 0.6) is 0 Å². The highest BCUT2D eigenvalue weighted by atomic mass is 16.2. The predicted octanol–water partition coefficient (Wildman–Crippen LogP) is 2.23. The first-order valence-electron chi connectivity index (χ1n) is 10.2. The van der Waals surface area contributed by atoms with E-state index in [9.17, 15) is 9.59 Å². The molecule has 1 unspecified atom stereocenters. The van der Waals surface area contributed by atoms with Crippen LogP contribution in [-0.4, -0.2) is 44.9 Å². The molecule has 2 amide bonds. The highest BCUT2D eigenvalue weighted by Crippen LogP contribution is 2.24. The van der Waals surface area contributed by atoms with Gasteiger partial charge in [0.2, 0.25) is 5.91 Å². The normalized spacial score (nSPS) is 16.2. The van der Waals surface area contributed by atoms with Gasteiger partial charge in [0.25, 0.3) is 5.91 Å². The molecule has 0 bridgehead atoms. The number of nitrogens with zero attached hydrogens (tertiary/aromatic N) is 5. The maximum atomic E-state index is 12.9. The van der Waals surface area contributed by atoms with Gasteiger partial charge in [-0.25, -0.2) is 4.68 Å². The van der Waals surface area contributed by atoms with Gasteiger partial charge in [-0.15, -0.1) is 10.2 Å². The minimum Gasteiger partial charge on any atom is -0.366 e. The van der Waals surface area contributed by atoms with Gasteiger partial charge in [0.1, 0.15) is 0 Å². The molecule has 0 saturated carbocycles. The molecule has 1 aliphatic rings. The molecule has 3 heterocycles. The molecule has 1 aromatic carbocycles. The number of aromatic nitrogens is 4. The third kappa shape index (κ3) is 4.40. The molecule has 2 aromatic heterocycles. The highest BCUT2D eigenvalue weighted by Gasteiger charge is 2.27. The number of hydrogen-bond donors (Lipinski definition) is 2. The van der Waals surface area contributed by atoms with Crippen LogP contribution in [0.25, 0.3) is 5.82 Å². The summed E-state index contributed by atoms with van der Waals surface area (Å²) in [5.74, 6) is 0.445. The SMILES string of the molecule is Cc1cc(C)n(-c2ccc(N3CCCC(C(=O)Nc4ccccc4C(N)=O)C3)nn2)n1. The molecule has 1 saturated heterocycles. The molecule has 9 heteroatoms. The first-order chi connectivity index (χ1) is 14.9. The molecule has 31 heavy (non-hydrogen) atoms. The van der Waals surface area contributed by atoms with Gasteiger partial charge in [-0.2, -0.15) is 5.10 Å². The lowest BCUT2D eigenvalue weighted by molar-refractivity contribution is -0.120.